The van der Waals surface area contributed by atoms with Crippen LogP contribution in [0.25, 0.3) is 21.8 Å². The van der Waals surface area contributed by atoms with Gasteiger partial charge in [-0.15, -0.1) is 0 Å². The zero-order chi connectivity index (χ0) is 22.2. The number of aromatic nitrogens is 1. The molecule has 1 amide bonds. The Morgan fingerprint density at radius 2 is 1.50 bits per heavy atom. The van der Waals surface area contributed by atoms with Crippen LogP contribution in [0.4, 0.5) is 4.39 Å². The minimum Gasteiger partial charge on any atom is -0.366 e. The summed E-state index contributed by atoms with van der Waals surface area (Å²) in [5.74, 6) is -1.03. The highest BCUT2D eigenvalue weighted by molar-refractivity contribution is 6.18. The first-order valence-electron chi connectivity index (χ1n) is 10.2. The first-order chi connectivity index (χ1) is 15.5. The second kappa shape index (κ2) is 7.78. The van der Waals surface area contributed by atoms with E-state index in [1.807, 2.05) is 53.1 Å². The smallest absolute Gasteiger partial charge is 0.249 e. The highest BCUT2D eigenvalue weighted by Crippen LogP contribution is 2.33. The van der Waals surface area contributed by atoms with E-state index in [1.165, 1.54) is 12.1 Å². The molecule has 5 aromatic rings. The first-order valence-corrected chi connectivity index (χ1v) is 10.2. The molecule has 0 fully saturated rings. The molecular weight excluding hydrogens is 403 g/mol. The Kier molecular flexibility index (Phi) is 4.79. The maximum absolute atomic E-state index is 14.1. The summed E-state index contributed by atoms with van der Waals surface area (Å²) in [5, 5.41) is 1.22. The molecule has 5 heteroatoms. The van der Waals surface area contributed by atoms with Gasteiger partial charge in [-0.25, -0.2) is 4.39 Å². The van der Waals surface area contributed by atoms with Crippen molar-refractivity contribution in [3.05, 3.63) is 119 Å². The number of benzene rings is 4. The number of carbonyl (C=O) groups is 2. The number of primary amides is 1. The minimum atomic E-state index is -0.571. The number of carbonyl (C=O) groups excluding carboxylic acids is 2. The fourth-order valence-electron chi connectivity index (χ4n) is 4.29. The van der Waals surface area contributed by atoms with Crippen LogP contribution < -0.4 is 5.73 Å². The second-order valence-electron chi connectivity index (χ2n) is 7.66. The molecule has 1 heterocycles. The van der Waals surface area contributed by atoms with Crippen molar-refractivity contribution in [2.75, 3.05) is 0 Å². The molecule has 4 nitrogen and oxygen atoms in total. The van der Waals surface area contributed by atoms with E-state index in [2.05, 4.69) is 0 Å². The van der Waals surface area contributed by atoms with Gasteiger partial charge >= 0.3 is 0 Å². The molecule has 5 rings (SSSR count). The summed E-state index contributed by atoms with van der Waals surface area (Å²) in [6.45, 7) is 0.378. The molecule has 1 aromatic heterocycles. The van der Waals surface area contributed by atoms with E-state index in [1.54, 1.807) is 30.3 Å². The van der Waals surface area contributed by atoms with Crippen molar-refractivity contribution < 1.29 is 14.0 Å². The largest absolute Gasteiger partial charge is 0.366 e. The third kappa shape index (κ3) is 3.24. The molecular formula is C27H19FN2O2. The second-order valence-corrected chi connectivity index (χ2v) is 7.66. The van der Waals surface area contributed by atoms with Gasteiger partial charge < -0.3 is 10.3 Å². The average Bonchev–Trinajstić information content (AvgIpc) is 3.12. The maximum Gasteiger partial charge on any atom is 0.249 e. The lowest BCUT2D eigenvalue weighted by molar-refractivity contribution is 0.1000. The van der Waals surface area contributed by atoms with Gasteiger partial charge in [-0.05, 0) is 35.9 Å². The van der Waals surface area contributed by atoms with E-state index >= 15 is 0 Å². The molecule has 0 aliphatic heterocycles. The van der Waals surface area contributed by atoms with E-state index in [0.29, 0.717) is 34.0 Å². The van der Waals surface area contributed by atoms with Gasteiger partial charge in [-0.2, -0.15) is 0 Å². The van der Waals surface area contributed by atoms with Crippen LogP contribution >= 0.6 is 0 Å². The number of nitrogens with two attached hydrogens (primary N) is 1. The molecule has 156 valence electrons. The van der Waals surface area contributed by atoms with Crippen molar-refractivity contribution in [2.45, 2.75) is 6.54 Å². The van der Waals surface area contributed by atoms with E-state index in [9.17, 15) is 14.0 Å². The highest BCUT2D eigenvalue weighted by Gasteiger charge is 2.19. The molecule has 0 aliphatic rings. The molecule has 0 spiro atoms. The van der Waals surface area contributed by atoms with Crippen molar-refractivity contribution in [1.82, 2.24) is 4.57 Å². The van der Waals surface area contributed by atoms with Gasteiger partial charge in [0, 0.05) is 39.5 Å². The molecule has 0 saturated heterocycles. The molecule has 4 aromatic carbocycles. The zero-order valence-corrected chi connectivity index (χ0v) is 17.1. The normalized spacial score (nSPS) is 11.2. The van der Waals surface area contributed by atoms with Crippen molar-refractivity contribution in [2.24, 2.45) is 5.73 Å². The van der Waals surface area contributed by atoms with Crippen LogP contribution in [0.5, 0.6) is 0 Å². The third-order valence-electron chi connectivity index (χ3n) is 5.74. The number of amides is 1. The molecule has 0 aliphatic carbocycles. The molecule has 2 N–H and O–H groups in total. The van der Waals surface area contributed by atoms with E-state index in [-0.39, 0.29) is 5.78 Å². The number of rotatable bonds is 5. The predicted molar refractivity (Wildman–Crippen MR) is 123 cm³/mol. The SMILES string of the molecule is NC(=O)c1cccc2c1c1cc(F)ccc1n2Cc1ccccc1C(=O)c1ccccc1. The summed E-state index contributed by atoms with van der Waals surface area (Å²) in [4.78, 5) is 25.3. The lowest BCUT2D eigenvalue weighted by Gasteiger charge is -2.12. The summed E-state index contributed by atoms with van der Waals surface area (Å²) in [6.07, 6.45) is 0. The Bertz CT molecular complexity index is 1500. The van der Waals surface area contributed by atoms with Crippen molar-refractivity contribution >= 4 is 33.5 Å². The van der Waals surface area contributed by atoms with Gasteiger partial charge in [-0.3, -0.25) is 9.59 Å². The van der Waals surface area contributed by atoms with Crippen LogP contribution in [0.15, 0.2) is 91.0 Å². The quantitative estimate of drug-likeness (QED) is 0.390. The monoisotopic (exact) mass is 422 g/mol. The van der Waals surface area contributed by atoms with Crippen LogP contribution in [0, 0.1) is 5.82 Å². The Morgan fingerprint density at radius 3 is 2.28 bits per heavy atom. The van der Waals surface area contributed by atoms with E-state index < -0.39 is 11.7 Å². The Morgan fingerprint density at radius 1 is 0.781 bits per heavy atom. The van der Waals surface area contributed by atoms with Gasteiger partial charge in [0.1, 0.15) is 5.82 Å². The third-order valence-corrected chi connectivity index (χ3v) is 5.74. The van der Waals surface area contributed by atoms with Gasteiger partial charge in [0.05, 0.1) is 5.52 Å². The van der Waals surface area contributed by atoms with Crippen LogP contribution in [-0.4, -0.2) is 16.3 Å². The standard InChI is InChI=1S/C27H19FN2O2/c28-19-13-14-23-22(15-19)25-21(27(29)32)11-6-12-24(25)30(23)16-18-9-4-5-10-20(18)26(31)17-7-2-1-3-8-17/h1-15H,16H2,(H2,29,32). The molecule has 0 atom stereocenters. The topological polar surface area (TPSA) is 65.1 Å². The number of ketones is 1. The molecule has 0 bridgehead atoms. The number of halogens is 1. The summed E-state index contributed by atoms with van der Waals surface area (Å²) in [6, 6.07) is 26.4. The van der Waals surface area contributed by atoms with Gasteiger partial charge in [0.25, 0.3) is 0 Å². The number of hydrogen-bond acceptors (Lipinski definition) is 2. The van der Waals surface area contributed by atoms with Gasteiger partial charge in [-0.1, -0.05) is 60.7 Å². The van der Waals surface area contributed by atoms with Gasteiger partial charge in [0.15, 0.2) is 5.78 Å². The summed E-state index contributed by atoms with van der Waals surface area (Å²) >= 11 is 0. The average molecular weight is 422 g/mol. The molecule has 0 saturated carbocycles. The zero-order valence-electron chi connectivity index (χ0n) is 17.1. The fourth-order valence-corrected chi connectivity index (χ4v) is 4.29. The predicted octanol–water partition coefficient (Wildman–Crippen LogP) is 5.31. The van der Waals surface area contributed by atoms with Crippen molar-refractivity contribution in [3.8, 4) is 0 Å². The van der Waals surface area contributed by atoms with Gasteiger partial charge in [0.2, 0.25) is 5.91 Å². The van der Waals surface area contributed by atoms with Crippen molar-refractivity contribution in [1.29, 1.82) is 0 Å². The van der Waals surface area contributed by atoms with Crippen LogP contribution in [0.2, 0.25) is 0 Å². The first kappa shape index (κ1) is 19.7. The van der Waals surface area contributed by atoms with Crippen LogP contribution in [0.3, 0.4) is 0 Å². The van der Waals surface area contributed by atoms with Crippen molar-refractivity contribution in [3.63, 3.8) is 0 Å². The summed E-state index contributed by atoms with van der Waals surface area (Å²) in [7, 11) is 0. The Balaban J connectivity index is 1.72. The van der Waals surface area contributed by atoms with Crippen LogP contribution in [-0.2, 0) is 6.54 Å². The summed E-state index contributed by atoms with van der Waals surface area (Å²) in [5.41, 5.74) is 9.50. The highest BCUT2D eigenvalue weighted by atomic mass is 19.1. The maximum atomic E-state index is 14.1. The summed E-state index contributed by atoms with van der Waals surface area (Å²) < 4.78 is 16.1. The molecule has 32 heavy (non-hydrogen) atoms. The van der Waals surface area contributed by atoms with E-state index in [0.717, 1.165) is 16.6 Å². The van der Waals surface area contributed by atoms with E-state index in [4.69, 9.17) is 5.73 Å². The minimum absolute atomic E-state index is 0.0640. The number of fused-ring (bicyclic) bond motifs is 3. The lowest BCUT2D eigenvalue weighted by atomic mass is 9.98. The molecule has 0 unspecified atom stereocenters. The number of hydrogen-bond donors (Lipinski definition) is 1. The fraction of sp³-hybridized carbons (Fsp3) is 0.0370. The Labute approximate surface area is 183 Å². The molecule has 0 radical (unpaired) electrons. The Hall–Kier alpha value is -4.25. The lowest BCUT2D eigenvalue weighted by Crippen LogP contribution is -2.11. The number of nitrogens with zero attached hydrogens (tertiary/aromatic N) is 1. The van der Waals surface area contributed by atoms with Crippen LogP contribution in [0.1, 0.15) is 31.8 Å².